The highest BCUT2D eigenvalue weighted by Gasteiger charge is 2.36. The molecule has 0 radical (unpaired) electrons. The van der Waals surface area contributed by atoms with Gasteiger partial charge in [0.05, 0.1) is 13.2 Å². The van der Waals surface area contributed by atoms with Gasteiger partial charge in [-0.1, -0.05) is 60.7 Å². The zero-order valence-electron chi connectivity index (χ0n) is 21.9. The molecule has 39 heavy (non-hydrogen) atoms. The molecule has 2 heterocycles. The Morgan fingerprint density at radius 2 is 0.949 bits per heavy atom. The minimum Gasteiger partial charge on any atom is -0.395 e. The Hall–Kier alpha value is -3.23. The molecule has 0 spiro atoms. The molecule has 0 atom stereocenters. The average Bonchev–Trinajstić information content (AvgIpc) is 2.93. The molecule has 0 saturated carbocycles. The van der Waals surface area contributed by atoms with Crippen LogP contribution in [0.15, 0.2) is 60.7 Å². The van der Waals surface area contributed by atoms with Gasteiger partial charge in [0.2, 0.25) is 0 Å². The van der Waals surface area contributed by atoms with Gasteiger partial charge in [-0.25, -0.2) is 0 Å². The maximum Gasteiger partial charge on any atom is 0.394 e. The largest absolute Gasteiger partial charge is 0.395 e. The van der Waals surface area contributed by atoms with Crippen molar-refractivity contribution in [1.82, 2.24) is 9.80 Å². The highest BCUT2D eigenvalue weighted by molar-refractivity contribution is 7.79. The number of nitrogens with zero attached hydrogens (tertiary/aromatic N) is 2. The third-order valence-electron chi connectivity index (χ3n) is 7.50. The highest BCUT2D eigenvalue weighted by atomic mass is 32.3. The molecule has 0 bridgehead atoms. The summed E-state index contributed by atoms with van der Waals surface area (Å²) in [6.45, 7) is 3.27. The topological polar surface area (TPSA) is 221 Å². The summed E-state index contributed by atoms with van der Waals surface area (Å²) in [5.74, 6) is 0.259. The van der Waals surface area contributed by atoms with E-state index in [4.69, 9.17) is 39.8 Å². The molecule has 2 aromatic carbocycles. The molecule has 13 heteroatoms. The lowest BCUT2D eigenvalue weighted by Crippen LogP contribution is -2.48. The van der Waals surface area contributed by atoms with Crippen molar-refractivity contribution in [3.05, 3.63) is 71.8 Å². The van der Waals surface area contributed by atoms with Crippen LogP contribution >= 0.6 is 0 Å². The number of nitrogens with two attached hydrogens (primary N) is 2. The second-order valence-electron chi connectivity index (χ2n) is 9.80. The van der Waals surface area contributed by atoms with Crippen LogP contribution in [0.1, 0.15) is 36.8 Å². The van der Waals surface area contributed by atoms with Gasteiger partial charge >= 0.3 is 10.4 Å². The van der Waals surface area contributed by atoms with E-state index in [1.807, 2.05) is 46.2 Å². The van der Waals surface area contributed by atoms with Gasteiger partial charge in [0.1, 0.15) is 0 Å². The number of aliphatic hydroxyl groups excluding tert-OH is 2. The standard InChI is InChI=1S/2C13H19N3O.H2O4S/c2*14-12(15)16-8-6-13(10-17,7-9-16)11-4-2-1-3-5-11;1-5(2,3)4/h2*1-5,17H,6-10H2,(H3,14,15);(H2,1,2,3,4). The molecule has 2 fully saturated rings. The van der Waals surface area contributed by atoms with Gasteiger partial charge in [0.25, 0.3) is 0 Å². The van der Waals surface area contributed by atoms with Crippen LogP contribution in [0.5, 0.6) is 0 Å². The molecule has 0 aliphatic carbocycles. The lowest BCUT2D eigenvalue weighted by atomic mass is 9.73. The van der Waals surface area contributed by atoms with Crippen molar-refractivity contribution >= 4 is 22.3 Å². The maximum atomic E-state index is 9.72. The maximum absolute atomic E-state index is 9.72. The van der Waals surface area contributed by atoms with E-state index in [-0.39, 0.29) is 36.0 Å². The van der Waals surface area contributed by atoms with Crippen LogP contribution in [0.2, 0.25) is 0 Å². The number of likely N-dealkylation sites (tertiary alicyclic amines) is 2. The van der Waals surface area contributed by atoms with Gasteiger partial charge in [-0.15, -0.1) is 0 Å². The molecular weight excluding hydrogens is 524 g/mol. The summed E-state index contributed by atoms with van der Waals surface area (Å²) in [7, 11) is -4.67. The molecule has 0 aromatic heterocycles. The minimum absolute atomic E-state index is 0.129. The molecular formula is C26H40N6O6S. The van der Waals surface area contributed by atoms with Crippen molar-refractivity contribution in [3.8, 4) is 0 Å². The Bertz CT molecular complexity index is 1060. The Labute approximate surface area is 229 Å². The summed E-state index contributed by atoms with van der Waals surface area (Å²) in [6.07, 6.45) is 3.36. The van der Waals surface area contributed by atoms with Crippen LogP contribution < -0.4 is 11.5 Å². The summed E-state index contributed by atoms with van der Waals surface area (Å²) >= 11 is 0. The Morgan fingerprint density at radius 3 is 1.15 bits per heavy atom. The van der Waals surface area contributed by atoms with Crippen molar-refractivity contribution in [2.75, 3.05) is 39.4 Å². The third kappa shape index (κ3) is 9.48. The van der Waals surface area contributed by atoms with E-state index in [2.05, 4.69) is 24.3 Å². The Kier molecular flexibility index (Phi) is 11.7. The monoisotopic (exact) mass is 564 g/mol. The molecule has 2 aliphatic heterocycles. The first kappa shape index (κ1) is 32.0. The molecule has 0 amide bonds. The SMILES string of the molecule is N=C(N)N1CCC(CO)(c2ccccc2)CC1.N=C(N)N1CCC(CO)(c2ccccc2)CC1.O=S(=O)(O)O. The number of piperidine rings is 2. The molecule has 10 N–H and O–H groups in total. The molecule has 12 nitrogen and oxygen atoms in total. The quantitative estimate of drug-likeness (QED) is 0.150. The van der Waals surface area contributed by atoms with Crippen LogP contribution in [0, 0.1) is 10.8 Å². The van der Waals surface area contributed by atoms with E-state index in [0.717, 1.165) is 51.9 Å². The predicted molar refractivity (Wildman–Crippen MR) is 150 cm³/mol. The lowest BCUT2D eigenvalue weighted by molar-refractivity contribution is 0.129. The van der Waals surface area contributed by atoms with E-state index in [9.17, 15) is 10.2 Å². The first-order valence-electron chi connectivity index (χ1n) is 12.6. The van der Waals surface area contributed by atoms with Gasteiger partial charge in [0, 0.05) is 37.0 Å². The van der Waals surface area contributed by atoms with Gasteiger partial charge < -0.3 is 31.5 Å². The highest BCUT2D eigenvalue weighted by Crippen LogP contribution is 2.35. The lowest BCUT2D eigenvalue weighted by Gasteiger charge is -2.41. The molecule has 2 aromatic rings. The Morgan fingerprint density at radius 1 is 0.692 bits per heavy atom. The number of benzene rings is 2. The van der Waals surface area contributed by atoms with Crippen molar-refractivity contribution in [2.24, 2.45) is 11.5 Å². The summed E-state index contributed by atoms with van der Waals surface area (Å²) in [5.41, 5.74) is 13.0. The number of guanidine groups is 2. The fourth-order valence-electron chi connectivity index (χ4n) is 5.01. The van der Waals surface area contributed by atoms with E-state index in [1.165, 1.54) is 11.1 Å². The summed E-state index contributed by atoms with van der Waals surface area (Å²) < 4.78 is 31.6. The number of aliphatic hydroxyl groups is 2. The Balaban J connectivity index is 0.000000234. The molecule has 216 valence electrons. The molecule has 0 unspecified atom stereocenters. The zero-order valence-corrected chi connectivity index (χ0v) is 22.7. The number of rotatable bonds is 4. The predicted octanol–water partition coefficient (Wildman–Crippen LogP) is 1.16. The first-order valence-corrected chi connectivity index (χ1v) is 14.0. The van der Waals surface area contributed by atoms with Crippen molar-refractivity contribution in [3.63, 3.8) is 0 Å². The van der Waals surface area contributed by atoms with Crippen LogP contribution in [-0.2, 0) is 21.2 Å². The number of nitrogens with one attached hydrogen (secondary N) is 2. The fraction of sp³-hybridized carbons (Fsp3) is 0.462. The minimum atomic E-state index is -4.67. The summed E-state index contributed by atoms with van der Waals surface area (Å²) in [4.78, 5) is 3.72. The second kappa shape index (κ2) is 14.2. The number of hydrogen-bond donors (Lipinski definition) is 8. The van der Waals surface area contributed by atoms with Crippen molar-refractivity contribution < 1.29 is 27.7 Å². The zero-order chi connectivity index (χ0) is 29.1. The van der Waals surface area contributed by atoms with Gasteiger partial charge in [-0.05, 0) is 36.8 Å². The van der Waals surface area contributed by atoms with Gasteiger partial charge in [-0.2, -0.15) is 8.42 Å². The van der Waals surface area contributed by atoms with Crippen LogP contribution in [0.3, 0.4) is 0 Å². The van der Waals surface area contributed by atoms with E-state index < -0.39 is 10.4 Å². The van der Waals surface area contributed by atoms with Crippen LogP contribution in [0.4, 0.5) is 0 Å². The normalized spacial score (nSPS) is 18.1. The summed E-state index contributed by atoms with van der Waals surface area (Å²) in [6, 6.07) is 20.3. The first-order chi connectivity index (χ1) is 18.4. The van der Waals surface area contributed by atoms with Crippen molar-refractivity contribution in [2.45, 2.75) is 36.5 Å². The van der Waals surface area contributed by atoms with Crippen molar-refractivity contribution in [1.29, 1.82) is 10.8 Å². The van der Waals surface area contributed by atoms with E-state index in [1.54, 1.807) is 0 Å². The molecule has 4 rings (SSSR count). The average molecular weight is 565 g/mol. The fourth-order valence-corrected chi connectivity index (χ4v) is 5.01. The second-order valence-corrected chi connectivity index (χ2v) is 10.7. The molecule has 2 saturated heterocycles. The van der Waals surface area contributed by atoms with Gasteiger partial charge in [-0.3, -0.25) is 19.9 Å². The molecule has 2 aliphatic rings. The van der Waals surface area contributed by atoms with E-state index in [0.29, 0.717) is 0 Å². The smallest absolute Gasteiger partial charge is 0.394 e. The number of hydrogen-bond acceptors (Lipinski definition) is 6. The van der Waals surface area contributed by atoms with Crippen LogP contribution in [0.25, 0.3) is 0 Å². The van der Waals surface area contributed by atoms with E-state index >= 15 is 0 Å². The van der Waals surface area contributed by atoms with Gasteiger partial charge in [0.15, 0.2) is 11.9 Å². The third-order valence-corrected chi connectivity index (χ3v) is 7.50. The van der Waals surface area contributed by atoms with Crippen LogP contribution in [-0.4, -0.2) is 88.8 Å². The summed E-state index contributed by atoms with van der Waals surface area (Å²) in [5, 5.41) is 34.3.